The van der Waals surface area contributed by atoms with Gasteiger partial charge in [-0.3, -0.25) is 14.6 Å². The quantitative estimate of drug-likeness (QED) is 0.571. The summed E-state index contributed by atoms with van der Waals surface area (Å²) in [5.74, 6) is 0.0308. The van der Waals surface area contributed by atoms with Crippen molar-refractivity contribution in [1.82, 2.24) is 19.6 Å². The van der Waals surface area contributed by atoms with Gasteiger partial charge >= 0.3 is 0 Å². The summed E-state index contributed by atoms with van der Waals surface area (Å²) in [4.78, 5) is 30.0. The lowest BCUT2D eigenvalue weighted by molar-refractivity contribution is -0.124. The molecule has 0 bridgehead atoms. The van der Waals surface area contributed by atoms with Gasteiger partial charge in [-0.15, -0.1) is 0 Å². The Balaban J connectivity index is 1.82. The Morgan fingerprint density at radius 2 is 2.22 bits per heavy atom. The number of nitrogens with zero attached hydrogens (tertiary/aromatic N) is 2. The summed E-state index contributed by atoms with van der Waals surface area (Å²) < 4.78 is 24.5. The Kier molecular flexibility index (Phi) is 5.37. The van der Waals surface area contributed by atoms with E-state index in [0.717, 1.165) is 6.26 Å². The number of hydrogen-bond acceptors (Lipinski definition) is 6. The van der Waals surface area contributed by atoms with E-state index in [-0.39, 0.29) is 11.5 Å². The summed E-state index contributed by atoms with van der Waals surface area (Å²) in [7, 11) is -3.37. The van der Waals surface area contributed by atoms with Crippen molar-refractivity contribution in [2.45, 2.75) is 25.8 Å². The molecular weight excluding hydrogens is 322 g/mol. The van der Waals surface area contributed by atoms with Crippen LogP contribution >= 0.6 is 0 Å². The molecule has 1 aliphatic rings. The number of sulfonamides is 1. The molecule has 2 heterocycles. The van der Waals surface area contributed by atoms with E-state index in [1.54, 1.807) is 6.92 Å². The average Bonchev–Trinajstić information content (AvgIpc) is 2.91. The van der Waals surface area contributed by atoms with Crippen LogP contribution in [0, 0.1) is 6.92 Å². The lowest BCUT2D eigenvalue weighted by Gasteiger charge is -2.21. The molecule has 1 aromatic heterocycles. The molecule has 3 N–H and O–H groups in total. The Morgan fingerprint density at radius 3 is 2.87 bits per heavy atom. The Morgan fingerprint density at radius 1 is 1.48 bits per heavy atom. The number of aromatic nitrogens is 2. The molecule has 1 amide bonds. The Hall–Kier alpha value is -1.94. The number of aromatic amines is 1. The first kappa shape index (κ1) is 17.4. The van der Waals surface area contributed by atoms with Crippen LogP contribution in [0.4, 0.5) is 5.95 Å². The highest BCUT2D eigenvalue weighted by Gasteiger charge is 2.36. The molecule has 0 saturated carbocycles. The average molecular weight is 343 g/mol. The number of amides is 1. The van der Waals surface area contributed by atoms with E-state index in [2.05, 4.69) is 20.6 Å². The molecule has 1 aromatic rings. The summed E-state index contributed by atoms with van der Waals surface area (Å²) >= 11 is 0. The highest BCUT2D eigenvalue weighted by molar-refractivity contribution is 7.88. The smallest absolute Gasteiger partial charge is 0.252 e. The zero-order valence-corrected chi connectivity index (χ0v) is 13.9. The SMILES string of the molecule is Cc1cc(=O)[nH]c(NCCNC(=O)[C@@H]2CCCN2S(C)(=O)=O)n1. The molecule has 0 unspecified atom stereocenters. The molecule has 23 heavy (non-hydrogen) atoms. The minimum absolute atomic E-state index is 0.251. The second-order valence-electron chi connectivity index (χ2n) is 5.48. The molecule has 1 saturated heterocycles. The normalized spacial score (nSPS) is 18.8. The summed E-state index contributed by atoms with van der Waals surface area (Å²) in [5.41, 5.74) is 0.342. The number of hydrogen-bond donors (Lipinski definition) is 3. The van der Waals surface area contributed by atoms with Crippen LogP contribution < -0.4 is 16.2 Å². The van der Waals surface area contributed by atoms with Gasteiger partial charge in [0.25, 0.3) is 5.56 Å². The van der Waals surface area contributed by atoms with Gasteiger partial charge < -0.3 is 10.6 Å². The van der Waals surface area contributed by atoms with Gasteiger partial charge in [0.15, 0.2) is 0 Å². The van der Waals surface area contributed by atoms with Crippen molar-refractivity contribution in [2.24, 2.45) is 0 Å². The van der Waals surface area contributed by atoms with Crippen molar-refractivity contribution < 1.29 is 13.2 Å². The van der Waals surface area contributed by atoms with Crippen LogP contribution in [-0.2, 0) is 14.8 Å². The van der Waals surface area contributed by atoms with Gasteiger partial charge in [0.05, 0.1) is 6.26 Å². The highest BCUT2D eigenvalue weighted by atomic mass is 32.2. The zero-order chi connectivity index (χ0) is 17.0. The number of aryl methyl sites for hydroxylation is 1. The van der Waals surface area contributed by atoms with Crippen molar-refractivity contribution in [2.75, 3.05) is 31.2 Å². The van der Waals surface area contributed by atoms with Gasteiger partial charge in [-0.1, -0.05) is 0 Å². The van der Waals surface area contributed by atoms with Gasteiger partial charge in [-0.25, -0.2) is 13.4 Å². The van der Waals surface area contributed by atoms with Crippen molar-refractivity contribution in [3.8, 4) is 0 Å². The predicted molar refractivity (Wildman–Crippen MR) is 85.7 cm³/mol. The van der Waals surface area contributed by atoms with Crippen LogP contribution in [0.5, 0.6) is 0 Å². The maximum absolute atomic E-state index is 12.1. The van der Waals surface area contributed by atoms with Crippen LogP contribution in [0.1, 0.15) is 18.5 Å². The fourth-order valence-electron chi connectivity index (χ4n) is 2.55. The fourth-order valence-corrected chi connectivity index (χ4v) is 3.67. The molecule has 1 aliphatic heterocycles. The monoisotopic (exact) mass is 343 g/mol. The molecule has 1 fully saturated rings. The first-order chi connectivity index (χ1) is 10.8. The van der Waals surface area contributed by atoms with Crippen molar-refractivity contribution in [3.63, 3.8) is 0 Å². The minimum Gasteiger partial charge on any atom is -0.354 e. The third-order valence-electron chi connectivity index (χ3n) is 3.52. The van der Waals surface area contributed by atoms with Crippen molar-refractivity contribution >= 4 is 21.9 Å². The lowest BCUT2D eigenvalue weighted by Crippen LogP contribution is -2.46. The third kappa shape index (κ3) is 4.76. The van der Waals surface area contributed by atoms with E-state index in [9.17, 15) is 18.0 Å². The number of rotatable bonds is 6. The van der Waals surface area contributed by atoms with Crippen LogP contribution in [0.25, 0.3) is 0 Å². The molecule has 10 heteroatoms. The van der Waals surface area contributed by atoms with Crippen molar-refractivity contribution in [1.29, 1.82) is 0 Å². The van der Waals surface area contributed by atoms with Gasteiger partial charge in [0.1, 0.15) is 6.04 Å². The molecule has 2 rings (SSSR count). The largest absolute Gasteiger partial charge is 0.354 e. The number of nitrogens with one attached hydrogen (secondary N) is 3. The molecule has 9 nitrogen and oxygen atoms in total. The Bertz CT molecular complexity index is 730. The summed E-state index contributed by atoms with van der Waals surface area (Å²) in [5, 5.41) is 5.60. The first-order valence-electron chi connectivity index (χ1n) is 7.34. The maximum atomic E-state index is 12.1. The number of carbonyl (C=O) groups is 1. The Labute approximate surface area is 134 Å². The van der Waals surface area contributed by atoms with E-state index in [4.69, 9.17) is 0 Å². The summed E-state index contributed by atoms with van der Waals surface area (Å²) in [6.45, 7) is 2.75. The van der Waals surface area contributed by atoms with Crippen molar-refractivity contribution in [3.05, 3.63) is 22.1 Å². The molecule has 0 spiro atoms. The van der Waals surface area contributed by atoms with Gasteiger partial charge in [0, 0.05) is 31.4 Å². The van der Waals surface area contributed by atoms with Gasteiger partial charge in [-0.05, 0) is 19.8 Å². The predicted octanol–water partition coefficient (Wildman–Crippen LogP) is -0.970. The zero-order valence-electron chi connectivity index (χ0n) is 13.1. The summed E-state index contributed by atoms with van der Waals surface area (Å²) in [6.07, 6.45) is 2.32. The van der Waals surface area contributed by atoms with E-state index < -0.39 is 16.1 Å². The molecule has 0 radical (unpaired) electrons. The lowest BCUT2D eigenvalue weighted by atomic mass is 10.2. The molecule has 0 aromatic carbocycles. The van der Waals surface area contributed by atoms with E-state index in [1.807, 2.05) is 0 Å². The third-order valence-corrected chi connectivity index (χ3v) is 4.81. The minimum atomic E-state index is -3.37. The number of anilines is 1. The van der Waals surface area contributed by atoms with E-state index in [1.165, 1.54) is 10.4 Å². The number of carbonyl (C=O) groups excluding carboxylic acids is 1. The van der Waals surface area contributed by atoms with Crippen LogP contribution in [0.2, 0.25) is 0 Å². The second-order valence-corrected chi connectivity index (χ2v) is 7.42. The van der Waals surface area contributed by atoms with E-state index >= 15 is 0 Å². The molecule has 128 valence electrons. The fraction of sp³-hybridized carbons (Fsp3) is 0.615. The topological polar surface area (TPSA) is 124 Å². The number of H-pyrrole nitrogens is 1. The van der Waals surface area contributed by atoms with Gasteiger partial charge in [-0.2, -0.15) is 4.31 Å². The van der Waals surface area contributed by atoms with E-state index in [0.29, 0.717) is 44.1 Å². The second kappa shape index (κ2) is 7.09. The summed E-state index contributed by atoms with van der Waals surface area (Å²) in [6, 6.07) is 0.745. The molecular formula is C13H21N5O4S. The first-order valence-corrected chi connectivity index (χ1v) is 9.18. The van der Waals surface area contributed by atoms with Crippen LogP contribution in [0.3, 0.4) is 0 Å². The molecule has 0 aliphatic carbocycles. The van der Waals surface area contributed by atoms with Gasteiger partial charge in [0.2, 0.25) is 21.9 Å². The molecule has 1 atom stereocenters. The van der Waals surface area contributed by atoms with Crippen LogP contribution in [-0.4, -0.2) is 60.5 Å². The van der Waals surface area contributed by atoms with Crippen LogP contribution in [0.15, 0.2) is 10.9 Å². The maximum Gasteiger partial charge on any atom is 0.252 e. The standard InChI is InChI=1S/C13H21N5O4S/c1-9-8-11(19)17-13(16-9)15-6-5-14-12(20)10-4-3-7-18(10)23(2,21)22/h8,10H,3-7H2,1-2H3,(H,14,20)(H2,15,16,17,19)/t10-/m0/s1. The highest BCUT2D eigenvalue weighted by Crippen LogP contribution is 2.20.